The largest absolute Gasteiger partial charge is 0.381 e. The van der Waals surface area contributed by atoms with Crippen LogP contribution in [0.15, 0.2) is 28.7 Å². The van der Waals surface area contributed by atoms with E-state index in [0.29, 0.717) is 5.25 Å². The molecule has 98 valence electrons. The third-order valence-electron chi connectivity index (χ3n) is 3.06. The Bertz CT molecular complexity index is 399. The Morgan fingerprint density at radius 1 is 1.33 bits per heavy atom. The van der Waals surface area contributed by atoms with Crippen molar-refractivity contribution < 1.29 is 9.53 Å². The molecule has 4 heteroatoms. The zero-order chi connectivity index (χ0) is 13.0. The normalized spacial score (nSPS) is 18.6. The van der Waals surface area contributed by atoms with Crippen molar-refractivity contribution in [2.75, 3.05) is 13.2 Å². The lowest BCUT2D eigenvalue weighted by Gasteiger charge is -2.24. The molecule has 1 aromatic rings. The third kappa shape index (κ3) is 3.84. The number of halogens is 1. The van der Waals surface area contributed by atoms with E-state index >= 15 is 0 Å². The van der Waals surface area contributed by atoms with Gasteiger partial charge < -0.3 is 4.74 Å². The predicted octanol–water partition coefficient (Wildman–Crippen LogP) is 3.93. The highest BCUT2D eigenvalue weighted by Gasteiger charge is 2.22. The van der Waals surface area contributed by atoms with E-state index in [-0.39, 0.29) is 11.0 Å². The summed E-state index contributed by atoms with van der Waals surface area (Å²) < 4.78 is 6.34. The minimum atomic E-state index is 0.0225. The van der Waals surface area contributed by atoms with Crippen LogP contribution in [0.4, 0.5) is 0 Å². The SMILES string of the molecule is CC(SC1CCOCC1)C(=O)c1ccc(Br)cc1. The van der Waals surface area contributed by atoms with E-state index in [4.69, 9.17) is 4.74 Å². The monoisotopic (exact) mass is 328 g/mol. The van der Waals surface area contributed by atoms with Gasteiger partial charge in [0.2, 0.25) is 0 Å². The van der Waals surface area contributed by atoms with Crippen molar-refractivity contribution in [2.45, 2.75) is 30.3 Å². The molecule has 0 amide bonds. The molecule has 1 saturated heterocycles. The van der Waals surface area contributed by atoms with Crippen molar-refractivity contribution in [3.05, 3.63) is 34.3 Å². The fraction of sp³-hybridized carbons (Fsp3) is 0.500. The molecular weight excluding hydrogens is 312 g/mol. The summed E-state index contributed by atoms with van der Waals surface area (Å²) in [5, 5.41) is 0.586. The van der Waals surface area contributed by atoms with Crippen molar-refractivity contribution in [1.29, 1.82) is 0 Å². The molecule has 2 rings (SSSR count). The number of thioether (sulfide) groups is 1. The molecular formula is C14H17BrO2S. The van der Waals surface area contributed by atoms with Crippen molar-refractivity contribution in [2.24, 2.45) is 0 Å². The summed E-state index contributed by atoms with van der Waals surface area (Å²) in [6.45, 7) is 3.66. The van der Waals surface area contributed by atoms with Crippen LogP contribution in [0.2, 0.25) is 0 Å². The van der Waals surface area contributed by atoms with Crippen LogP contribution in [0.1, 0.15) is 30.1 Å². The first-order chi connectivity index (χ1) is 8.66. The van der Waals surface area contributed by atoms with Crippen LogP contribution >= 0.6 is 27.7 Å². The molecule has 1 aliphatic heterocycles. The molecule has 0 aromatic heterocycles. The minimum absolute atomic E-state index is 0.0225. The average molecular weight is 329 g/mol. The fourth-order valence-electron chi connectivity index (χ4n) is 2.01. The minimum Gasteiger partial charge on any atom is -0.381 e. The van der Waals surface area contributed by atoms with Gasteiger partial charge in [0.25, 0.3) is 0 Å². The molecule has 1 atom stereocenters. The highest BCUT2D eigenvalue weighted by atomic mass is 79.9. The second-order valence-corrected chi connectivity index (χ2v) is 7.02. The molecule has 18 heavy (non-hydrogen) atoms. The van der Waals surface area contributed by atoms with Crippen LogP contribution in [0.5, 0.6) is 0 Å². The summed E-state index contributed by atoms with van der Waals surface area (Å²) in [5.74, 6) is 0.221. The van der Waals surface area contributed by atoms with E-state index < -0.39 is 0 Å². The average Bonchev–Trinajstić information content (AvgIpc) is 2.40. The number of rotatable bonds is 4. The number of hydrogen-bond donors (Lipinski definition) is 0. The Morgan fingerprint density at radius 2 is 1.94 bits per heavy atom. The lowest BCUT2D eigenvalue weighted by atomic mass is 10.1. The highest BCUT2D eigenvalue weighted by Crippen LogP contribution is 2.28. The van der Waals surface area contributed by atoms with Gasteiger partial charge in [-0.2, -0.15) is 0 Å². The summed E-state index contributed by atoms with van der Waals surface area (Å²) in [5.41, 5.74) is 0.797. The number of ether oxygens (including phenoxy) is 1. The summed E-state index contributed by atoms with van der Waals surface area (Å²) in [6.07, 6.45) is 2.12. The van der Waals surface area contributed by atoms with Crippen LogP contribution in [0, 0.1) is 0 Å². The maximum absolute atomic E-state index is 12.3. The first-order valence-electron chi connectivity index (χ1n) is 6.20. The molecule has 1 fully saturated rings. The summed E-state index contributed by atoms with van der Waals surface area (Å²) in [6, 6.07) is 7.60. The Morgan fingerprint density at radius 3 is 2.56 bits per heavy atom. The van der Waals surface area contributed by atoms with Crippen LogP contribution < -0.4 is 0 Å². The highest BCUT2D eigenvalue weighted by molar-refractivity contribution is 9.10. The van der Waals surface area contributed by atoms with Gasteiger partial charge in [-0.15, -0.1) is 11.8 Å². The molecule has 1 unspecified atom stereocenters. The summed E-state index contributed by atoms with van der Waals surface area (Å²) >= 11 is 5.17. The molecule has 0 N–H and O–H groups in total. The maximum atomic E-state index is 12.3. The number of ketones is 1. The standard InChI is InChI=1S/C14H17BrO2S/c1-10(18-13-6-8-17-9-7-13)14(16)11-2-4-12(15)5-3-11/h2-5,10,13H,6-9H2,1H3. The molecule has 2 nitrogen and oxygen atoms in total. The second kappa shape index (κ2) is 6.73. The van der Waals surface area contributed by atoms with Crippen LogP contribution in [0.3, 0.4) is 0 Å². The Hall–Kier alpha value is -0.320. The van der Waals surface area contributed by atoms with Gasteiger partial charge in [0, 0.05) is 28.5 Å². The molecule has 1 aliphatic rings. The Labute approximate surface area is 121 Å². The van der Waals surface area contributed by atoms with Gasteiger partial charge in [-0.05, 0) is 31.9 Å². The topological polar surface area (TPSA) is 26.3 Å². The lowest BCUT2D eigenvalue weighted by Crippen LogP contribution is -2.23. The zero-order valence-electron chi connectivity index (χ0n) is 10.4. The summed E-state index contributed by atoms with van der Waals surface area (Å²) in [4.78, 5) is 12.3. The van der Waals surface area contributed by atoms with Crippen molar-refractivity contribution >= 4 is 33.5 Å². The third-order valence-corrected chi connectivity index (χ3v) is 5.07. The molecule has 0 aliphatic carbocycles. The number of benzene rings is 1. The molecule has 0 radical (unpaired) electrons. The summed E-state index contributed by atoms with van der Waals surface area (Å²) in [7, 11) is 0. The maximum Gasteiger partial charge on any atom is 0.175 e. The smallest absolute Gasteiger partial charge is 0.175 e. The number of carbonyl (C=O) groups excluding carboxylic acids is 1. The second-order valence-electron chi connectivity index (χ2n) is 4.46. The zero-order valence-corrected chi connectivity index (χ0v) is 12.8. The van der Waals surface area contributed by atoms with Crippen molar-refractivity contribution in [1.82, 2.24) is 0 Å². The van der Waals surface area contributed by atoms with Crippen LogP contribution in [0.25, 0.3) is 0 Å². The van der Waals surface area contributed by atoms with Crippen molar-refractivity contribution in [3.63, 3.8) is 0 Å². The van der Waals surface area contributed by atoms with E-state index in [9.17, 15) is 4.79 Å². The number of hydrogen-bond acceptors (Lipinski definition) is 3. The Balaban J connectivity index is 1.93. The molecule has 1 aromatic carbocycles. The predicted molar refractivity (Wildman–Crippen MR) is 79.4 cm³/mol. The molecule has 0 bridgehead atoms. The quantitative estimate of drug-likeness (QED) is 0.783. The van der Waals surface area contributed by atoms with E-state index in [1.54, 1.807) is 11.8 Å². The number of Topliss-reactive ketones (excluding diaryl/α,β-unsaturated/α-hetero) is 1. The van der Waals surface area contributed by atoms with Gasteiger partial charge in [-0.25, -0.2) is 0 Å². The van der Waals surface area contributed by atoms with Gasteiger partial charge >= 0.3 is 0 Å². The van der Waals surface area contributed by atoms with E-state index in [1.165, 1.54) is 0 Å². The molecule has 0 spiro atoms. The first-order valence-corrected chi connectivity index (χ1v) is 7.93. The van der Waals surface area contributed by atoms with E-state index in [1.807, 2.05) is 31.2 Å². The fourth-order valence-corrected chi connectivity index (χ4v) is 3.58. The van der Waals surface area contributed by atoms with Crippen LogP contribution in [-0.4, -0.2) is 29.5 Å². The van der Waals surface area contributed by atoms with Gasteiger partial charge in [0.05, 0.1) is 5.25 Å². The van der Waals surface area contributed by atoms with E-state index in [0.717, 1.165) is 36.1 Å². The molecule has 0 saturated carbocycles. The van der Waals surface area contributed by atoms with Crippen molar-refractivity contribution in [3.8, 4) is 0 Å². The first kappa shape index (κ1) is 14.1. The number of carbonyl (C=O) groups is 1. The van der Waals surface area contributed by atoms with Gasteiger partial charge in [-0.1, -0.05) is 28.1 Å². The van der Waals surface area contributed by atoms with Gasteiger partial charge in [0.15, 0.2) is 5.78 Å². The van der Waals surface area contributed by atoms with Gasteiger partial charge in [-0.3, -0.25) is 4.79 Å². The van der Waals surface area contributed by atoms with Crippen LogP contribution in [-0.2, 0) is 4.74 Å². The molecule has 1 heterocycles. The Kier molecular flexibility index (Phi) is 5.27. The van der Waals surface area contributed by atoms with E-state index in [2.05, 4.69) is 15.9 Å². The van der Waals surface area contributed by atoms with Gasteiger partial charge in [0.1, 0.15) is 0 Å². The lowest BCUT2D eigenvalue weighted by molar-refractivity contribution is 0.0974.